The van der Waals surface area contributed by atoms with Gasteiger partial charge in [0.2, 0.25) is 0 Å². The van der Waals surface area contributed by atoms with Gasteiger partial charge in [-0.05, 0) is 40.3 Å². The molecule has 0 saturated heterocycles. The smallest absolute Gasteiger partial charge is 0.272 e. The molecule has 0 amide bonds. The molecular formula is C14H21Cl2N3O2. The van der Waals surface area contributed by atoms with Gasteiger partial charge in [0.15, 0.2) is 0 Å². The van der Waals surface area contributed by atoms with Crippen LogP contribution in [0.3, 0.4) is 0 Å². The minimum absolute atomic E-state index is 0.103. The number of nitrogens with zero attached hydrogens (tertiary/aromatic N) is 2. The standard InChI is InChI=1S/C14H21Cl2N3O2/c1-10(2)18(3)7-5-4-6-17-14-12(15)8-11(19(20)21)9-13(14)16/h8-10,17H,4-7H2,1-3H3. The van der Waals surface area contributed by atoms with Crippen LogP contribution >= 0.6 is 23.2 Å². The molecule has 0 aromatic heterocycles. The molecule has 0 saturated carbocycles. The molecule has 0 bridgehead atoms. The maximum Gasteiger partial charge on any atom is 0.272 e. The predicted molar refractivity (Wildman–Crippen MR) is 88.6 cm³/mol. The fourth-order valence-electron chi connectivity index (χ4n) is 1.79. The first-order valence-electron chi connectivity index (χ1n) is 6.90. The molecule has 0 heterocycles. The summed E-state index contributed by atoms with van der Waals surface area (Å²) >= 11 is 12.0. The quantitative estimate of drug-likeness (QED) is 0.434. The Morgan fingerprint density at radius 1 is 1.29 bits per heavy atom. The Morgan fingerprint density at radius 3 is 2.33 bits per heavy atom. The molecule has 5 nitrogen and oxygen atoms in total. The molecule has 1 aromatic rings. The topological polar surface area (TPSA) is 58.4 Å². The van der Waals surface area contributed by atoms with Crippen LogP contribution in [-0.4, -0.2) is 36.0 Å². The molecular weight excluding hydrogens is 313 g/mol. The maximum absolute atomic E-state index is 10.7. The van der Waals surface area contributed by atoms with Gasteiger partial charge in [-0.3, -0.25) is 10.1 Å². The largest absolute Gasteiger partial charge is 0.383 e. The minimum atomic E-state index is -0.511. The normalized spacial score (nSPS) is 11.2. The second-order valence-electron chi connectivity index (χ2n) is 5.25. The van der Waals surface area contributed by atoms with E-state index in [1.807, 2.05) is 0 Å². The number of benzene rings is 1. The Bertz CT molecular complexity index is 472. The Morgan fingerprint density at radius 2 is 1.86 bits per heavy atom. The van der Waals surface area contributed by atoms with Gasteiger partial charge in [0.05, 0.1) is 20.7 Å². The lowest BCUT2D eigenvalue weighted by atomic mass is 10.2. The van der Waals surface area contributed by atoms with Gasteiger partial charge >= 0.3 is 0 Å². The molecule has 0 fully saturated rings. The van der Waals surface area contributed by atoms with E-state index in [4.69, 9.17) is 23.2 Å². The first kappa shape index (κ1) is 18.0. The number of unbranched alkanes of at least 4 members (excludes halogenated alkanes) is 1. The summed E-state index contributed by atoms with van der Waals surface area (Å²) in [6, 6.07) is 3.15. The van der Waals surface area contributed by atoms with Gasteiger partial charge in [0, 0.05) is 24.7 Å². The third kappa shape index (κ3) is 5.69. The van der Waals surface area contributed by atoms with E-state index in [9.17, 15) is 10.1 Å². The van der Waals surface area contributed by atoms with Crippen molar-refractivity contribution in [2.45, 2.75) is 32.7 Å². The molecule has 0 radical (unpaired) electrons. The molecule has 1 aromatic carbocycles. The lowest BCUT2D eigenvalue weighted by Crippen LogP contribution is -2.27. The summed E-state index contributed by atoms with van der Waals surface area (Å²) in [5, 5.41) is 14.4. The minimum Gasteiger partial charge on any atom is -0.383 e. The van der Waals surface area contributed by atoms with Gasteiger partial charge in [0.1, 0.15) is 0 Å². The van der Waals surface area contributed by atoms with Gasteiger partial charge in [-0.25, -0.2) is 0 Å². The van der Waals surface area contributed by atoms with Crippen LogP contribution < -0.4 is 5.32 Å². The van der Waals surface area contributed by atoms with Crippen molar-refractivity contribution >= 4 is 34.6 Å². The number of non-ortho nitro benzene ring substituents is 1. The molecule has 0 aliphatic rings. The zero-order valence-electron chi connectivity index (χ0n) is 12.5. The van der Waals surface area contributed by atoms with Gasteiger partial charge in [-0.2, -0.15) is 0 Å². The Hall–Kier alpha value is -1.04. The number of nitro groups is 1. The first-order valence-corrected chi connectivity index (χ1v) is 7.66. The van der Waals surface area contributed by atoms with Gasteiger partial charge in [0.25, 0.3) is 5.69 Å². The van der Waals surface area contributed by atoms with Crippen LogP contribution in [-0.2, 0) is 0 Å². The summed E-state index contributed by atoms with van der Waals surface area (Å²) in [5.41, 5.74) is 0.454. The zero-order chi connectivity index (χ0) is 16.0. The molecule has 118 valence electrons. The molecule has 0 unspecified atom stereocenters. The van der Waals surface area contributed by atoms with Gasteiger partial charge in [-0.15, -0.1) is 0 Å². The number of nitro benzene ring substituents is 1. The molecule has 1 rings (SSSR count). The summed E-state index contributed by atoms with van der Waals surface area (Å²) in [7, 11) is 2.10. The van der Waals surface area contributed by atoms with Gasteiger partial charge < -0.3 is 10.2 Å². The number of hydrogen-bond donors (Lipinski definition) is 1. The number of halogens is 2. The van der Waals surface area contributed by atoms with Crippen molar-refractivity contribution in [3.63, 3.8) is 0 Å². The van der Waals surface area contributed by atoms with Crippen molar-refractivity contribution in [1.82, 2.24) is 4.90 Å². The monoisotopic (exact) mass is 333 g/mol. The maximum atomic E-state index is 10.7. The van der Waals surface area contributed by atoms with E-state index < -0.39 is 4.92 Å². The second-order valence-corrected chi connectivity index (χ2v) is 6.06. The SMILES string of the molecule is CC(C)N(C)CCCCNc1c(Cl)cc([N+](=O)[O-])cc1Cl. The molecule has 1 N–H and O–H groups in total. The van der Waals surface area contributed by atoms with Crippen molar-refractivity contribution in [3.8, 4) is 0 Å². The van der Waals surface area contributed by atoms with E-state index in [1.165, 1.54) is 12.1 Å². The first-order chi connectivity index (χ1) is 9.82. The number of hydrogen-bond acceptors (Lipinski definition) is 4. The van der Waals surface area contributed by atoms with Crippen LogP contribution in [0.1, 0.15) is 26.7 Å². The fraction of sp³-hybridized carbons (Fsp3) is 0.571. The van der Waals surface area contributed by atoms with Crippen molar-refractivity contribution in [3.05, 3.63) is 32.3 Å². The highest BCUT2D eigenvalue weighted by Crippen LogP contribution is 2.34. The van der Waals surface area contributed by atoms with Crippen LogP contribution in [0.2, 0.25) is 10.0 Å². The lowest BCUT2D eigenvalue weighted by Gasteiger charge is -2.20. The van der Waals surface area contributed by atoms with Crippen LogP contribution in [0, 0.1) is 10.1 Å². The third-order valence-electron chi connectivity index (χ3n) is 3.36. The molecule has 7 heteroatoms. The molecule has 0 aliphatic heterocycles. The summed E-state index contributed by atoms with van der Waals surface area (Å²) in [6.07, 6.45) is 2.03. The van der Waals surface area contributed by atoms with Gasteiger partial charge in [-0.1, -0.05) is 23.2 Å². The van der Waals surface area contributed by atoms with Crippen LogP contribution in [0.5, 0.6) is 0 Å². The average molecular weight is 334 g/mol. The highest BCUT2D eigenvalue weighted by atomic mass is 35.5. The summed E-state index contributed by atoms with van der Waals surface area (Å²) in [4.78, 5) is 12.5. The number of rotatable bonds is 8. The lowest BCUT2D eigenvalue weighted by molar-refractivity contribution is -0.384. The van der Waals surface area contributed by atoms with Crippen LogP contribution in [0.4, 0.5) is 11.4 Å². The molecule has 0 spiro atoms. The Kier molecular flexibility index (Phi) is 7.22. The Balaban J connectivity index is 2.48. The number of anilines is 1. The van der Waals surface area contributed by atoms with Crippen molar-refractivity contribution in [2.75, 3.05) is 25.5 Å². The zero-order valence-corrected chi connectivity index (χ0v) is 14.0. The second kappa shape index (κ2) is 8.41. The van der Waals surface area contributed by atoms with E-state index in [-0.39, 0.29) is 15.7 Å². The van der Waals surface area contributed by atoms with Crippen LogP contribution in [0.15, 0.2) is 12.1 Å². The van der Waals surface area contributed by atoms with E-state index in [1.54, 1.807) is 0 Å². The van der Waals surface area contributed by atoms with E-state index in [0.29, 0.717) is 11.7 Å². The average Bonchev–Trinajstić information content (AvgIpc) is 2.40. The Labute approximate surface area is 135 Å². The van der Waals surface area contributed by atoms with E-state index in [2.05, 4.69) is 31.1 Å². The van der Waals surface area contributed by atoms with Crippen molar-refractivity contribution < 1.29 is 4.92 Å². The molecule has 0 aliphatic carbocycles. The van der Waals surface area contributed by atoms with Crippen LogP contribution in [0.25, 0.3) is 0 Å². The third-order valence-corrected chi connectivity index (χ3v) is 3.95. The highest BCUT2D eigenvalue weighted by Gasteiger charge is 2.14. The van der Waals surface area contributed by atoms with E-state index in [0.717, 1.165) is 25.9 Å². The summed E-state index contributed by atoms with van der Waals surface area (Å²) in [5.74, 6) is 0. The summed E-state index contributed by atoms with van der Waals surface area (Å²) in [6.45, 7) is 6.08. The van der Waals surface area contributed by atoms with Crippen molar-refractivity contribution in [2.24, 2.45) is 0 Å². The number of nitrogens with one attached hydrogen (secondary N) is 1. The highest BCUT2D eigenvalue weighted by molar-refractivity contribution is 6.39. The molecule has 21 heavy (non-hydrogen) atoms. The fourth-order valence-corrected chi connectivity index (χ4v) is 2.40. The predicted octanol–water partition coefficient (Wildman–Crippen LogP) is 4.43. The van der Waals surface area contributed by atoms with E-state index >= 15 is 0 Å². The molecule has 0 atom stereocenters. The summed E-state index contributed by atoms with van der Waals surface area (Å²) < 4.78 is 0. The van der Waals surface area contributed by atoms with Crippen molar-refractivity contribution in [1.29, 1.82) is 0 Å².